The molecule has 0 spiro atoms. The minimum atomic E-state index is 0.582. The first-order valence-electron chi connectivity index (χ1n) is 8.24. The second kappa shape index (κ2) is 5.87. The molecule has 0 aliphatic carbocycles. The molecule has 0 bridgehead atoms. The van der Waals surface area contributed by atoms with Crippen LogP contribution in [-0.4, -0.2) is 24.5 Å². The van der Waals surface area contributed by atoms with E-state index in [2.05, 4.69) is 48.3 Å². The van der Waals surface area contributed by atoms with Gasteiger partial charge < -0.3 is 5.32 Å². The van der Waals surface area contributed by atoms with Crippen molar-refractivity contribution in [2.45, 2.75) is 52.1 Å². The van der Waals surface area contributed by atoms with Crippen molar-refractivity contribution in [3.05, 3.63) is 35.4 Å². The Morgan fingerprint density at radius 1 is 1.25 bits per heavy atom. The van der Waals surface area contributed by atoms with Gasteiger partial charge in [-0.2, -0.15) is 0 Å². The molecule has 20 heavy (non-hydrogen) atoms. The number of piperidine rings is 1. The highest BCUT2D eigenvalue weighted by Crippen LogP contribution is 2.38. The van der Waals surface area contributed by atoms with Crippen molar-refractivity contribution >= 4 is 0 Å². The number of hydrogen-bond acceptors (Lipinski definition) is 2. The first-order valence-corrected chi connectivity index (χ1v) is 8.24. The third-order valence-electron chi connectivity index (χ3n) is 5.62. The van der Waals surface area contributed by atoms with Crippen molar-refractivity contribution in [1.82, 2.24) is 10.2 Å². The maximum Gasteiger partial charge on any atom is 0.0363 e. The van der Waals surface area contributed by atoms with E-state index in [1.165, 1.54) is 44.3 Å². The molecule has 110 valence electrons. The van der Waals surface area contributed by atoms with Gasteiger partial charge in [0.05, 0.1) is 0 Å². The van der Waals surface area contributed by atoms with Gasteiger partial charge in [0.15, 0.2) is 0 Å². The summed E-state index contributed by atoms with van der Waals surface area (Å²) >= 11 is 0. The summed E-state index contributed by atoms with van der Waals surface area (Å²) in [5, 5.41) is 3.57. The smallest absolute Gasteiger partial charge is 0.0363 e. The van der Waals surface area contributed by atoms with Crippen molar-refractivity contribution in [3.63, 3.8) is 0 Å². The third kappa shape index (κ3) is 2.77. The summed E-state index contributed by atoms with van der Waals surface area (Å²) in [7, 11) is 0. The standard InChI is InChI=1S/C18H28N2/c1-3-18(2)9-12-20(13-10-18)17-8-11-19-14-15-6-4-5-7-16(15)17/h4-7,17,19H,3,8-14H2,1-2H3. The molecule has 2 nitrogen and oxygen atoms in total. The molecule has 0 saturated carbocycles. The molecule has 1 fully saturated rings. The van der Waals surface area contributed by atoms with Crippen LogP contribution in [0.25, 0.3) is 0 Å². The van der Waals surface area contributed by atoms with Crippen LogP contribution in [0.5, 0.6) is 0 Å². The summed E-state index contributed by atoms with van der Waals surface area (Å²) in [6, 6.07) is 9.65. The number of rotatable bonds is 2. The largest absolute Gasteiger partial charge is 0.313 e. The highest BCUT2D eigenvalue weighted by Gasteiger charge is 2.32. The lowest BCUT2D eigenvalue weighted by Gasteiger charge is -2.42. The highest BCUT2D eigenvalue weighted by molar-refractivity contribution is 5.31. The fraction of sp³-hybridized carbons (Fsp3) is 0.667. The molecule has 1 N–H and O–H groups in total. The van der Waals surface area contributed by atoms with E-state index in [4.69, 9.17) is 0 Å². The second-order valence-electron chi connectivity index (χ2n) is 6.88. The number of nitrogens with zero attached hydrogens (tertiary/aromatic N) is 1. The van der Waals surface area contributed by atoms with E-state index in [0.29, 0.717) is 11.5 Å². The van der Waals surface area contributed by atoms with Crippen LogP contribution in [0.1, 0.15) is 56.7 Å². The van der Waals surface area contributed by atoms with Gasteiger partial charge in [0.1, 0.15) is 0 Å². The SMILES string of the molecule is CCC1(C)CCN(C2CCNCc3ccccc32)CC1. The van der Waals surface area contributed by atoms with Gasteiger partial charge in [0.2, 0.25) is 0 Å². The van der Waals surface area contributed by atoms with Crippen molar-refractivity contribution in [2.75, 3.05) is 19.6 Å². The molecule has 1 unspecified atom stereocenters. The molecular weight excluding hydrogens is 244 g/mol. The molecule has 1 atom stereocenters. The van der Waals surface area contributed by atoms with Crippen molar-refractivity contribution < 1.29 is 0 Å². The molecule has 2 aliphatic rings. The molecule has 2 heterocycles. The predicted molar refractivity (Wildman–Crippen MR) is 84.7 cm³/mol. The quantitative estimate of drug-likeness (QED) is 0.882. The van der Waals surface area contributed by atoms with Gasteiger partial charge in [-0.1, -0.05) is 44.5 Å². The molecule has 1 aromatic carbocycles. The monoisotopic (exact) mass is 272 g/mol. The molecule has 0 amide bonds. The Labute approximate surface area is 123 Å². The lowest BCUT2D eigenvalue weighted by molar-refractivity contribution is 0.0776. The summed E-state index contributed by atoms with van der Waals surface area (Å²) in [5.41, 5.74) is 3.65. The maximum absolute atomic E-state index is 3.57. The van der Waals surface area contributed by atoms with E-state index in [0.717, 1.165) is 13.1 Å². The van der Waals surface area contributed by atoms with E-state index >= 15 is 0 Å². The zero-order valence-electron chi connectivity index (χ0n) is 13.0. The van der Waals surface area contributed by atoms with Crippen LogP contribution in [0.15, 0.2) is 24.3 Å². The molecule has 1 aromatic rings. The fourth-order valence-corrected chi connectivity index (χ4v) is 3.75. The minimum Gasteiger partial charge on any atom is -0.313 e. The summed E-state index contributed by atoms with van der Waals surface area (Å²) in [5.74, 6) is 0. The lowest BCUT2D eigenvalue weighted by Crippen LogP contribution is -2.41. The lowest BCUT2D eigenvalue weighted by atomic mass is 9.77. The van der Waals surface area contributed by atoms with Crippen LogP contribution in [0.3, 0.4) is 0 Å². The van der Waals surface area contributed by atoms with E-state index in [1.54, 1.807) is 5.56 Å². The van der Waals surface area contributed by atoms with Crippen LogP contribution < -0.4 is 5.32 Å². The van der Waals surface area contributed by atoms with Crippen LogP contribution >= 0.6 is 0 Å². The average Bonchev–Trinajstić information content (AvgIpc) is 2.71. The second-order valence-corrected chi connectivity index (χ2v) is 6.88. The molecule has 3 rings (SSSR count). The molecule has 2 aliphatic heterocycles. The van der Waals surface area contributed by atoms with E-state index in [1.807, 2.05) is 0 Å². The summed E-state index contributed by atoms with van der Waals surface area (Å²) < 4.78 is 0. The number of nitrogens with one attached hydrogen (secondary N) is 1. The van der Waals surface area contributed by atoms with E-state index in [-0.39, 0.29) is 0 Å². The Kier molecular flexibility index (Phi) is 4.13. The molecule has 2 heteroatoms. The number of benzene rings is 1. The number of hydrogen-bond donors (Lipinski definition) is 1. The van der Waals surface area contributed by atoms with Gasteiger partial charge in [-0.3, -0.25) is 4.90 Å². The zero-order valence-corrected chi connectivity index (χ0v) is 13.0. The normalized spacial score (nSPS) is 26.8. The zero-order chi connectivity index (χ0) is 14.0. The van der Waals surface area contributed by atoms with Gasteiger partial charge in [0, 0.05) is 12.6 Å². The highest BCUT2D eigenvalue weighted by atomic mass is 15.2. The fourth-order valence-electron chi connectivity index (χ4n) is 3.75. The van der Waals surface area contributed by atoms with Crippen molar-refractivity contribution in [1.29, 1.82) is 0 Å². The van der Waals surface area contributed by atoms with E-state index < -0.39 is 0 Å². The van der Waals surface area contributed by atoms with Crippen molar-refractivity contribution in [3.8, 4) is 0 Å². The Morgan fingerprint density at radius 2 is 2.00 bits per heavy atom. The number of likely N-dealkylation sites (tertiary alicyclic amines) is 1. The van der Waals surface area contributed by atoms with Gasteiger partial charge in [0.25, 0.3) is 0 Å². The van der Waals surface area contributed by atoms with Crippen LogP contribution in [0.2, 0.25) is 0 Å². The Bertz CT molecular complexity index is 446. The third-order valence-corrected chi connectivity index (χ3v) is 5.62. The predicted octanol–water partition coefficient (Wildman–Crippen LogP) is 3.73. The average molecular weight is 272 g/mol. The van der Waals surface area contributed by atoms with Gasteiger partial charge >= 0.3 is 0 Å². The topological polar surface area (TPSA) is 15.3 Å². The first kappa shape index (κ1) is 14.1. The van der Waals surface area contributed by atoms with Gasteiger partial charge in [-0.25, -0.2) is 0 Å². The van der Waals surface area contributed by atoms with E-state index in [9.17, 15) is 0 Å². The summed E-state index contributed by atoms with van der Waals surface area (Å²) in [6.07, 6.45) is 5.29. The summed E-state index contributed by atoms with van der Waals surface area (Å²) in [6.45, 7) is 9.52. The summed E-state index contributed by atoms with van der Waals surface area (Å²) in [4.78, 5) is 2.74. The van der Waals surface area contributed by atoms with Crippen LogP contribution in [-0.2, 0) is 6.54 Å². The Balaban J connectivity index is 1.77. The number of fused-ring (bicyclic) bond motifs is 1. The van der Waals surface area contributed by atoms with Gasteiger partial charge in [-0.15, -0.1) is 0 Å². The molecular formula is C18H28N2. The van der Waals surface area contributed by atoms with Crippen molar-refractivity contribution in [2.24, 2.45) is 5.41 Å². The Hall–Kier alpha value is -0.860. The first-order chi connectivity index (χ1) is 9.72. The molecule has 0 aromatic heterocycles. The molecule has 0 radical (unpaired) electrons. The molecule has 1 saturated heterocycles. The Morgan fingerprint density at radius 3 is 2.75 bits per heavy atom. The maximum atomic E-state index is 3.57. The van der Waals surface area contributed by atoms with Crippen LogP contribution in [0, 0.1) is 5.41 Å². The minimum absolute atomic E-state index is 0.582. The van der Waals surface area contributed by atoms with Crippen LogP contribution in [0.4, 0.5) is 0 Å². The van der Waals surface area contributed by atoms with Gasteiger partial charge in [-0.05, 0) is 55.4 Å².